The number of carbonyl (C=O) groups is 3. The number of fused-ring (bicyclic) bond motifs is 3. The van der Waals surface area contributed by atoms with Gasteiger partial charge in [0.2, 0.25) is 5.91 Å². The minimum absolute atomic E-state index is 0.190. The number of thioether (sulfide) groups is 1. The molecule has 0 aromatic heterocycles. The molecular weight excluding hydrogens is 316 g/mol. The number of amides is 2. The van der Waals surface area contributed by atoms with E-state index in [2.05, 4.69) is 5.32 Å². The van der Waals surface area contributed by atoms with E-state index in [4.69, 9.17) is 0 Å². The standard InChI is InChI=1S/C16H18N2O4S/c1-8(15(21)22)17-12(19)11-16(2,3)23-14-10-7-5-4-6-9(10)13(20)18(11)14/h4-8,11,14H,1-3H3,(H,17,19)(H,21,22)/p-1/t8-,11-,14+/m1/s1. The fourth-order valence-electron chi connectivity index (χ4n) is 3.16. The molecule has 2 amide bonds. The lowest BCUT2D eigenvalue weighted by Gasteiger charge is -2.30. The SMILES string of the molecule is C[C@@H](NC(=O)[C@H]1N2C(=O)c3ccccc3[C@@H]2SC1(C)C)C(=O)[O-]. The third-order valence-electron chi connectivity index (χ3n) is 4.26. The first-order valence-electron chi connectivity index (χ1n) is 7.34. The maximum atomic E-state index is 12.7. The number of carbonyl (C=O) groups excluding carboxylic acids is 3. The van der Waals surface area contributed by atoms with E-state index in [9.17, 15) is 19.5 Å². The zero-order chi connectivity index (χ0) is 16.9. The Labute approximate surface area is 138 Å². The van der Waals surface area contributed by atoms with E-state index in [-0.39, 0.29) is 11.3 Å². The molecule has 122 valence electrons. The van der Waals surface area contributed by atoms with E-state index < -0.39 is 28.7 Å². The Morgan fingerprint density at radius 3 is 2.65 bits per heavy atom. The van der Waals surface area contributed by atoms with Gasteiger partial charge >= 0.3 is 0 Å². The summed E-state index contributed by atoms with van der Waals surface area (Å²) < 4.78 is -0.524. The van der Waals surface area contributed by atoms with Gasteiger partial charge in [0.15, 0.2) is 0 Å². The number of benzene rings is 1. The highest BCUT2D eigenvalue weighted by molar-refractivity contribution is 8.01. The molecule has 23 heavy (non-hydrogen) atoms. The van der Waals surface area contributed by atoms with Gasteiger partial charge < -0.3 is 20.1 Å². The second kappa shape index (κ2) is 5.26. The van der Waals surface area contributed by atoms with E-state index in [1.807, 2.05) is 26.0 Å². The Bertz CT molecular complexity index is 703. The summed E-state index contributed by atoms with van der Waals surface area (Å²) in [6.07, 6.45) is 0. The summed E-state index contributed by atoms with van der Waals surface area (Å²) in [5.41, 5.74) is 1.50. The summed E-state index contributed by atoms with van der Waals surface area (Å²) in [5.74, 6) is -2.01. The summed E-state index contributed by atoms with van der Waals surface area (Å²) in [6.45, 7) is 5.12. The predicted molar refractivity (Wildman–Crippen MR) is 83.4 cm³/mol. The van der Waals surface area contributed by atoms with Crippen LogP contribution in [-0.4, -0.2) is 39.5 Å². The van der Waals surface area contributed by atoms with Crippen LogP contribution in [0, 0.1) is 0 Å². The summed E-state index contributed by atoms with van der Waals surface area (Å²) in [5, 5.41) is 13.1. The molecule has 0 unspecified atom stereocenters. The molecule has 0 radical (unpaired) electrons. The van der Waals surface area contributed by atoms with Crippen LogP contribution in [-0.2, 0) is 9.59 Å². The zero-order valence-corrected chi connectivity index (χ0v) is 13.8. The van der Waals surface area contributed by atoms with Crippen LogP contribution in [0.2, 0.25) is 0 Å². The molecule has 2 aliphatic heterocycles. The number of hydrogen-bond donors (Lipinski definition) is 1. The van der Waals surface area contributed by atoms with Crippen LogP contribution in [0.15, 0.2) is 24.3 Å². The van der Waals surface area contributed by atoms with Gasteiger partial charge in [-0.05, 0) is 32.4 Å². The minimum Gasteiger partial charge on any atom is -0.548 e. The van der Waals surface area contributed by atoms with E-state index in [0.29, 0.717) is 5.56 Å². The Balaban J connectivity index is 1.94. The lowest BCUT2D eigenvalue weighted by atomic mass is 10.0. The minimum atomic E-state index is -1.35. The fourth-order valence-corrected chi connectivity index (χ4v) is 4.74. The average molecular weight is 333 g/mol. The number of hydrogen-bond acceptors (Lipinski definition) is 5. The van der Waals surface area contributed by atoms with E-state index in [0.717, 1.165) is 5.56 Å². The molecule has 1 aromatic carbocycles. The van der Waals surface area contributed by atoms with Crippen molar-refractivity contribution in [1.29, 1.82) is 0 Å². The Hall–Kier alpha value is -2.02. The molecule has 0 bridgehead atoms. The van der Waals surface area contributed by atoms with Gasteiger partial charge in [-0.3, -0.25) is 9.59 Å². The van der Waals surface area contributed by atoms with E-state index in [1.165, 1.54) is 18.7 Å². The topological polar surface area (TPSA) is 89.5 Å². The van der Waals surface area contributed by atoms with Crippen molar-refractivity contribution >= 4 is 29.5 Å². The molecule has 1 aromatic rings. The molecule has 0 spiro atoms. The Morgan fingerprint density at radius 1 is 1.35 bits per heavy atom. The van der Waals surface area contributed by atoms with Crippen LogP contribution in [0.4, 0.5) is 0 Å². The number of rotatable bonds is 3. The van der Waals surface area contributed by atoms with Crippen LogP contribution < -0.4 is 10.4 Å². The van der Waals surface area contributed by atoms with Gasteiger partial charge in [0, 0.05) is 10.3 Å². The number of carboxylic acid groups (broad SMARTS) is 1. The summed E-state index contributed by atoms with van der Waals surface area (Å²) in [7, 11) is 0. The largest absolute Gasteiger partial charge is 0.548 e. The van der Waals surface area contributed by atoms with E-state index >= 15 is 0 Å². The molecule has 6 nitrogen and oxygen atoms in total. The van der Waals surface area contributed by atoms with E-state index in [1.54, 1.807) is 17.0 Å². The van der Waals surface area contributed by atoms with Crippen LogP contribution >= 0.6 is 11.8 Å². The van der Waals surface area contributed by atoms with Crippen molar-refractivity contribution in [2.24, 2.45) is 0 Å². The van der Waals surface area contributed by atoms with Gasteiger partial charge in [-0.2, -0.15) is 0 Å². The average Bonchev–Trinajstić information content (AvgIpc) is 2.90. The van der Waals surface area contributed by atoms with Crippen molar-refractivity contribution in [3.63, 3.8) is 0 Å². The molecule has 3 atom stereocenters. The van der Waals surface area contributed by atoms with Gasteiger partial charge in [0.05, 0.1) is 12.0 Å². The normalized spacial score (nSPS) is 25.7. The maximum Gasteiger partial charge on any atom is 0.256 e. The zero-order valence-electron chi connectivity index (χ0n) is 13.0. The van der Waals surface area contributed by atoms with Crippen molar-refractivity contribution < 1.29 is 19.5 Å². The monoisotopic (exact) mass is 333 g/mol. The Kier molecular flexibility index (Phi) is 3.63. The van der Waals surface area contributed by atoms with Crippen molar-refractivity contribution in [3.05, 3.63) is 35.4 Å². The number of nitrogens with zero attached hydrogens (tertiary/aromatic N) is 1. The molecule has 0 aliphatic carbocycles. The molecular formula is C16H17N2O4S-. The Morgan fingerprint density at radius 2 is 2.00 bits per heavy atom. The molecule has 1 fully saturated rings. The molecule has 1 N–H and O–H groups in total. The van der Waals surface area contributed by atoms with Crippen molar-refractivity contribution in [1.82, 2.24) is 10.2 Å². The number of aliphatic carboxylic acids is 1. The highest BCUT2D eigenvalue weighted by Crippen LogP contribution is 2.56. The van der Waals surface area contributed by atoms with Crippen molar-refractivity contribution in [2.75, 3.05) is 0 Å². The van der Waals surface area contributed by atoms with Gasteiger partial charge in [-0.1, -0.05) is 18.2 Å². The molecule has 3 rings (SSSR count). The number of nitrogens with one attached hydrogen (secondary N) is 1. The molecule has 1 saturated heterocycles. The van der Waals surface area contributed by atoms with Crippen LogP contribution in [0.1, 0.15) is 42.1 Å². The quantitative estimate of drug-likeness (QED) is 0.859. The first kappa shape index (κ1) is 15.9. The lowest BCUT2D eigenvalue weighted by Crippen LogP contribution is -2.56. The molecule has 0 saturated carbocycles. The first-order chi connectivity index (χ1) is 10.7. The third-order valence-corrected chi connectivity index (χ3v) is 5.79. The summed E-state index contributed by atoms with van der Waals surface area (Å²) >= 11 is 1.54. The smallest absolute Gasteiger partial charge is 0.256 e. The first-order valence-corrected chi connectivity index (χ1v) is 8.22. The fraction of sp³-hybridized carbons (Fsp3) is 0.438. The highest BCUT2D eigenvalue weighted by Gasteiger charge is 2.57. The number of carboxylic acids is 1. The van der Waals surface area contributed by atoms with Gasteiger partial charge in [0.25, 0.3) is 5.91 Å². The van der Waals surface area contributed by atoms with Gasteiger partial charge in [-0.25, -0.2) is 0 Å². The van der Waals surface area contributed by atoms with Crippen molar-refractivity contribution in [3.8, 4) is 0 Å². The van der Waals surface area contributed by atoms with Gasteiger partial charge in [-0.15, -0.1) is 11.8 Å². The van der Waals surface area contributed by atoms with Gasteiger partial charge in [0.1, 0.15) is 11.4 Å². The molecule has 2 aliphatic rings. The van der Waals surface area contributed by atoms with Crippen LogP contribution in [0.3, 0.4) is 0 Å². The lowest BCUT2D eigenvalue weighted by molar-refractivity contribution is -0.307. The second-order valence-corrected chi connectivity index (χ2v) is 8.06. The maximum absolute atomic E-state index is 12.7. The summed E-state index contributed by atoms with van der Waals surface area (Å²) in [6, 6.07) is 5.46. The third kappa shape index (κ3) is 2.39. The van der Waals surface area contributed by atoms with Crippen LogP contribution in [0.5, 0.6) is 0 Å². The highest BCUT2D eigenvalue weighted by atomic mass is 32.2. The summed E-state index contributed by atoms with van der Waals surface area (Å²) in [4.78, 5) is 37.7. The predicted octanol–water partition coefficient (Wildman–Crippen LogP) is 0.290. The van der Waals surface area contributed by atoms with Crippen LogP contribution in [0.25, 0.3) is 0 Å². The molecule has 2 heterocycles. The van der Waals surface area contributed by atoms with Crippen molar-refractivity contribution in [2.45, 2.75) is 43.0 Å². The molecule has 7 heteroatoms. The second-order valence-electron chi connectivity index (χ2n) is 6.33.